The lowest BCUT2D eigenvalue weighted by Gasteiger charge is -2.07. The number of hydrogen-bond donors (Lipinski definition) is 1. The van der Waals surface area contributed by atoms with E-state index in [1.165, 1.54) is 11.8 Å². The molecule has 0 saturated carbocycles. The third-order valence-electron chi connectivity index (χ3n) is 2.74. The van der Waals surface area contributed by atoms with Crippen molar-refractivity contribution in [2.45, 2.75) is 5.75 Å². The van der Waals surface area contributed by atoms with Gasteiger partial charge in [-0.2, -0.15) is 0 Å². The molecule has 0 fully saturated rings. The van der Waals surface area contributed by atoms with E-state index in [-0.39, 0.29) is 0 Å². The lowest BCUT2D eigenvalue weighted by molar-refractivity contribution is 0.416. The fourth-order valence-electron chi connectivity index (χ4n) is 1.69. The van der Waals surface area contributed by atoms with Gasteiger partial charge in [0, 0.05) is 15.8 Å². The predicted molar refractivity (Wildman–Crippen MR) is 92.0 cm³/mol. The van der Waals surface area contributed by atoms with E-state index in [1.54, 1.807) is 19.2 Å². The second kappa shape index (κ2) is 7.59. The van der Waals surface area contributed by atoms with Gasteiger partial charge in [0.15, 0.2) is 5.17 Å². The summed E-state index contributed by atoms with van der Waals surface area (Å²) in [5.41, 5.74) is 7.49. The molecular formula is C15H14Cl2N2OS. The van der Waals surface area contributed by atoms with Gasteiger partial charge in [-0.15, -0.1) is 0 Å². The molecule has 0 heterocycles. The second-order valence-corrected chi connectivity index (χ2v) is 5.92. The van der Waals surface area contributed by atoms with E-state index in [1.807, 2.05) is 30.3 Å². The van der Waals surface area contributed by atoms with E-state index in [0.29, 0.717) is 32.4 Å². The molecule has 0 atom stereocenters. The smallest absolute Gasteiger partial charge is 0.159 e. The Morgan fingerprint density at radius 1 is 1.14 bits per heavy atom. The number of rotatable bonds is 4. The van der Waals surface area contributed by atoms with E-state index in [9.17, 15) is 0 Å². The number of thioether (sulfide) groups is 1. The maximum Gasteiger partial charge on any atom is 0.159 e. The first-order chi connectivity index (χ1) is 10.1. The van der Waals surface area contributed by atoms with Crippen LogP contribution in [-0.2, 0) is 5.75 Å². The Balaban J connectivity index is 2.11. The van der Waals surface area contributed by atoms with Crippen LogP contribution in [0.4, 0.5) is 5.69 Å². The number of hydrogen-bond acceptors (Lipinski definition) is 3. The van der Waals surface area contributed by atoms with Crippen molar-refractivity contribution in [2.75, 3.05) is 7.11 Å². The van der Waals surface area contributed by atoms with Gasteiger partial charge in [-0.25, -0.2) is 4.99 Å². The molecule has 6 heteroatoms. The van der Waals surface area contributed by atoms with E-state index in [4.69, 9.17) is 33.7 Å². The minimum atomic E-state index is 0.426. The normalized spacial score (nSPS) is 11.5. The fraction of sp³-hybridized carbons (Fsp3) is 0.133. The molecule has 0 aliphatic heterocycles. The number of aliphatic imine (C=N–C) groups is 1. The molecule has 0 spiro atoms. The summed E-state index contributed by atoms with van der Waals surface area (Å²) in [6, 6.07) is 12.9. The van der Waals surface area contributed by atoms with Crippen molar-refractivity contribution in [1.82, 2.24) is 0 Å². The Morgan fingerprint density at radius 3 is 2.48 bits per heavy atom. The van der Waals surface area contributed by atoms with Crippen LogP contribution in [0.25, 0.3) is 0 Å². The van der Waals surface area contributed by atoms with Crippen LogP contribution in [0, 0.1) is 0 Å². The van der Waals surface area contributed by atoms with Gasteiger partial charge in [-0.1, -0.05) is 53.2 Å². The van der Waals surface area contributed by atoms with Crippen molar-refractivity contribution in [3.63, 3.8) is 0 Å². The van der Waals surface area contributed by atoms with Crippen LogP contribution in [0.5, 0.6) is 5.75 Å². The number of halogens is 2. The third-order valence-corrected chi connectivity index (χ3v) is 4.27. The van der Waals surface area contributed by atoms with Gasteiger partial charge in [0.25, 0.3) is 0 Å². The molecule has 0 aliphatic rings. The molecule has 2 aromatic carbocycles. The molecule has 2 rings (SSSR count). The summed E-state index contributed by atoms with van der Waals surface area (Å²) < 4.78 is 5.23. The summed E-state index contributed by atoms with van der Waals surface area (Å²) in [6.45, 7) is 0. The Kier molecular flexibility index (Phi) is 5.79. The highest BCUT2D eigenvalue weighted by Gasteiger charge is 2.07. The molecule has 110 valence electrons. The maximum absolute atomic E-state index is 6.12. The van der Waals surface area contributed by atoms with Crippen molar-refractivity contribution >= 4 is 45.8 Å². The maximum atomic E-state index is 6.12. The Labute approximate surface area is 138 Å². The molecule has 0 saturated heterocycles. The molecule has 0 unspecified atom stereocenters. The van der Waals surface area contributed by atoms with Crippen LogP contribution < -0.4 is 10.5 Å². The van der Waals surface area contributed by atoms with Gasteiger partial charge in [-0.3, -0.25) is 0 Å². The van der Waals surface area contributed by atoms with E-state index < -0.39 is 0 Å². The molecule has 2 aromatic rings. The summed E-state index contributed by atoms with van der Waals surface area (Å²) in [4.78, 5) is 4.35. The van der Waals surface area contributed by atoms with Crippen LogP contribution in [0.15, 0.2) is 47.5 Å². The SMILES string of the molecule is COc1ccccc1N=C(N)SCc1c(Cl)cccc1Cl. The number of amidine groups is 1. The predicted octanol–water partition coefficient (Wildman–Crippen LogP) is 4.88. The largest absolute Gasteiger partial charge is 0.494 e. The average molecular weight is 341 g/mol. The monoisotopic (exact) mass is 340 g/mol. The van der Waals surface area contributed by atoms with E-state index >= 15 is 0 Å². The van der Waals surface area contributed by atoms with Crippen molar-refractivity contribution in [2.24, 2.45) is 10.7 Å². The van der Waals surface area contributed by atoms with E-state index in [0.717, 1.165) is 5.56 Å². The van der Waals surface area contributed by atoms with Gasteiger partial charge in [0.2, 0.25) is 0 Å². The Morgan fingerprint density at radius 2 is 1.81 bits per heavy atom. The number of methoxy groups -OCH3 is 1. The molecule has 3 nitrogen and oxygen atoms in total. The molecule has 0 amide bonds. The van der Waals surface area contributed by atoms with Crippen molar-refractivity contribution in [3.05, 3.63) is 58.1 Å². The summed E-state index contributed by atoms with van der Waals surface area (Å²) in [5.74, 6) is 1.24. The first kappa shape index (κ1) is 16.0. The highest BCUT2D eigenvalue weighted by molar-refractivity contribution is 8.13. The van der Waals surface area contributed by atoms with Crippen LogP contribution in [0.1, 0.15) is 5.56 Å². The molecule has 0 aromatic heterocycles. The second-order valence-electron chi connectivity index (χ2n) is 4.11. The standard InChI is InChI=1S/C15H14Cl2N2OS/c1-20-14-8-3-2-7-13(14)19-15(18)21-9-10-11(16)5-4-6-12(10)17/h2-8H,9H2,1H3,(H2,18,19). The van der Waals surface area contributed by atoms with Gasteiger partial charge in [0.05, 0.1) is 7.11 Å². The summed E-state index contributed by atoms with van der Waals surface area (Å²) in [6.07, 6.45) is 0. The van der Waals surface area contributed by atoms with Crippen LogP contribution in [0.2, 0.25) is 10.0 Å². The minimum absolute atomic E-state index is 0.426. The highest BCUT2D eigenvalue weighted by atomic mass is 35.5. The quantitative estimate of drug-likeness (QED) is 0.637. The van der Waals surface area contributed by atoms with Gasteiger partial charge in [0.1, 0.15) is 11.4 Å². The topological polar surface area (TPSA) is 47.6 Å². The zero-order chi connectivity index (χ0) is 15.2. The van der Waals surface area contributed by atoms with E-state index in [2.05, 4.69) is 4.99 Å². The van der Waals surface area contributed by atoms with Crippen molar-refractivity contribution in [1.29, 1.82) is 0 Å². The number of benzene rings is 2. The zero-order valence-electron chi connectivity index (χ0n) is 11.3. The average Bonchev–Trinajstić information content (AvgIpc) is 2.47. The van der Waals surface area contributed by atoms with Crippen LogP contribution in [-0.4, -0.2) is 12.3 Å². The zero-order valence-corrected chi connectivity index (χ0v) is 13.7. The fourth-order valence-corrected chi connectivity index (χ4v) is 3.15. The first-order valence-electron chi connectivity index (χ1n) is 6.14. The summed E-state index contributed by atoms with van der Waals surface area (Å²) in [7, 11) is 1.60. The van der Waals surface area contributed by atoms with Crippen LogP contribution in [0.3, 0.4) is 0 Å². The highest BCUT2D eigenvalue weighted by Crippen LogP contribution is 2.30. The van der Waals surface area contributed by atoms with Gasteiger partial charge >= 0.3 is 0 Å². The number of para-hydroxylation sites is 2. The lowest BCUT2D eigenvalue weighted by atomic mass is 10.2. The minimum Gasteiger partial charge on any atom is -0.494 e. The first-order valence-corrected chi connectivity index (χ1v) is 7.89. The molecule has 0 radical (unpaired) electrons. The molecule has 21 heavy (non-hydrogen) atoms. The van der Waals surface area contributed by atoms with Gasteiger partial charge in [-0.05, 0) is 29.8 Å². The van der Waals surface area contributed by atoms with Crippen molar-refractivity contribution in [3.8, 4) is 5.75 Å². The Bertz CT molecular complexity index is 642. The number of ether oxygens (including phenoxy) is 1. The van der Waals surface area contributed by atoms with Crippen molar-refractivity contribution < 1.29 is 4.74 Å². The lowest BCUT2D eigenvalue weighted by Crippen LogP contribution is -2.06. The summed E-state index contributed by atoms with van der Waals surface area (Å²) in [5, 5.41) is 1.68. The number of nitrogens with zero attached hydrogens (tertiary/aromatic N) is 1. The van der Waals surface area contributed by atoms with Crippen LogP contribution >= 0.6 is 35.0 Å². The molecule has 0 aliphatic carbocycles. The Hall–Kier alpha value is -1.36. The molecule has 2 N–H and O–H groups in total. The number of nitrogens with two attached hydrogens (primary N) is 1. The summed E-state index contributed by atoms with van der Waals surface area (Å²) >= 11 is 13.6. The molecular weight excluding hydrogens is 327 g/mol. The van der Waals surface area contributed by atoms with Gasteiger partial charge < -0.3 is 10.5 Å². The third kappa shape index (κ3) is 4.30. The molecule has 0 bridgehead atoms.